The summed E-state index contributed by atoms with van der Waals surface area (Å²) < 4.78 is 13.4. The van der Waals surface area contributed by atoms with Crippen LogP contribution in [0.3, 0.4) is 0 Å². The van der Waals surface area contributed by atoms with Crippen LogP contribution in [0, 0.1) is 12.7 Å². The van der Waals surface area contributed by atoms with Crippen LogP contribution in [0.1, 0.15) is 34.8 Å². The first-order chi connectivity index (χ1) is 11.1. The minimum absolute atomic E-state index is 0.125. The molecular formula is C17H18FN3OS. The standard InChI is InChI=1S/C17H18FN3OS/c1-9-15(10-3-2-4-11(18)7-10)23-17(19-9)16(22)21-14-8-12-5-6-13(14)20-12/h2-4,7,12-14,20H,5-6,8H2,1H3,(H,21,22)/t12-,13+,14-/m1/s1. The molecule has 0 spiro atoms. The van der Waals surface area contributed by atoms with Crippen LogP contribution in [0.25, 0.3) is 10.4 Å². The van der Waals surface area contributed by atoms with Gasteiger partial charge in [0, 0.05) is 18.1 Å². The number of thiazole rings is 1. The average molecular weight is 331 g/mol. The van der Waals surface area contributed by atoms with E-state index in [4.69, 9.17) is 0 Å². The van der Waals surface area contributed by atoms with E-state index in [0.717, 1.165) is 29.0 Å². The SMILES string of the molecule is Cc1nc(C(=O)N[C@@H]2C[C@H]3CC[C@@H]2N3)sc1-c1cccc(F)c1. The molecule has 2 saturated heterocycles. The second-order valence-corrected chi connectivity index (χ2v) is 7.31. The molecule has 0 saturated carbocycles. The number of carbonyl (C=O) groups is 1. The van der Waals surface area contributed by atoms with Crippen molar-refractivity contribution in [3.05, 3.63) is 40.8 Å². The van der Waals surface area contributed by atoms with Gasteiger partial charge in [0.15, 0.2) is 5.01 Å². The van der Waals surface area contributed by atoms with Crippen LogP contribution in [0.15, 0.2) is 24.3 Å². The number of fused-ring (bicyclic) bond motifs is 2. The predicted molar refractivity (Wildman–Crippen MR) is 88.1 cm³/mol. The number of hydrogen-bond donors (Lipinski definition) is 2. The summed E-state index contributed by atoms with van der Waals surface area (Å²) in [7, 11) is 0. The van der Waals surface area contributed by atoms with Gasteiger partial charge in [0.25, 0.3) is 5.91 Å². The second-order valence-electron chi connectivity index (χ2n) is 6.31. The van der Waals surface area contributed by atoms with Crippen LogP contribution in [-0.4, -0.2) is 29.0 Å². The Balaban J connectivity index is 1.53. The molecular weight excluding hydrogens is 313 g/mol. The lowest BCUT2D eigenvalue weighted by Gasteiger charge is -2.20. The highest BCUT2D eigenvalue weighted by molar-refractivity contribution is 7.17. The molecule has 2 aliphatic heterocycles. The molecule has 1 aromatic heterocycles. The summed E-state index contributed by atoms with van der Waals surface area (Å²) in [6.07, 6.45) is 3.33. The van der Waals surface area contributed by atoms with Gasteiger partial charge in [0.05, 0.1) is 10.6 Å². The van der Waals surface area contributed by atoms with E-state index in [2.05, 4.69) is 15.6 Å². The van der Waals surface area contributed by atoms with Gasteiger partial charge in [0.2, 0.25) is 0 Å². The predicted octanol–water partition coefficient (Wildman–Crippen LogP) is 2.88. The van der Waals surface area contributed by atoms with E-state index in [9.17, 15) is 9.18 Å². The summed E-state index contributed by atoms with van der Waals surface area (Å²) in [5, 5.41) is 7.06. The van der Waals surface area contributed by atoms with Gasteiger partial charge in [0.1, 0.15) is 5.82 Å². The van der Waals surface area contributed by atoms with Crippen LogP contribution in [-0.2, 0) is 0 Å². The number of hydrogen-bond acceptors (Lipinski definition) is 4. The van der Waals surface area contributed by atoms with E-state index in [1.54, 1.807) is 6.07 Å². The van der Waals surface area contributed by atoms with E-state index < -0.39 is 0 Å². The van der Waals surface area contributed by atoms with Gasteiger partial charge in [-0.3, -0.25) is 4.79 Å². The highest BCUT2D eigenvalue weighted by Gasteiger charge is 2.40. The Morgan fingerprint density at radius 2 is 2.30 bits per heavy atom. The third-order valence-corrected chi connectivity index (χ3v) is 5.90. The van der Waals surface area contributed by atoms with E-state index in [1.165, 1.54) is 29.9 Å². The summed E-state index contributed by atoms with van der Waals surface area (Å²) in [4.78, 5) is 17.7. The molecule has 4 rings (SSSR count). The van der Waals surface area contributed by atoms with E-state index in [-0.39, 0.29) is 17.8 Å². The highest BCUT2D eigenvalue weighted by Crippen LogP contribution is 2.31. The normalized spacial score (nSPS) is 25.7. The molecule has 23 heavy (non-hydrogen) atoms. The topological polar surface area (TPSA) is 54.0 Å². The monoisotopic (exact) mass is 331 g/mol. The zero-order valence-corrected chi connectivity index (χ0v) is 13.6. The van der Waals surface area contributed by atoms with Crippen LogP contribution in [0.5, 0.6) is 0 Å². The smallest absolute Gasteiger partial charge is 0.280 e. The minimum Gasteiger partial charge on any atom is -0.346 e. The number of nitrogens with zero attached hydrogens (tertiary/aromatic N) is 1. The lowest BCUT2D eigenvalue weighted by Crippen LogP contribution is -2.42. The Hall–Kier alpha value is -1.79. The number of benzene rings is 1. The van der Waals surface area contributed by atoms with Crippen molar-refractivity contribution in [2.75, 3.05) is 0 Å². The lowest BCUT2D eigenvalue weighted by molar-refractivity contribution is 0.0930. The Kier molecular flexibility index (Phi) is 3.66. The maximum atomic E-state index is 13.4. The zero-order valence-electron chi connectivity index (χ0n) is 12.8. The third kappa shape index (κ3) is 2.77. The quantitative estimate of drug-likeness (QED) is 0.909. The molecule has 1 aromatic carbocycles. The molecule has 4 nitrogen and oxygen atoms in total. The molecule has 2 aromatic rings. The van der Waals surface area contributed by atoms with Crippen LogP contribution in [0.4, 0.5) is 4.39 Å². The first-order valence-electron chi connectivity index (χ1n) is 7.90. The van der Waals surface area contributed by atoms with E-state index in [1.807, 2.05) is 13.0 Å². The van der Waals surface area contributed by atoms with Gasteiger partial charge >= 0.3 is 0 Å². The van der Waals surface area contributed by atoms with Crippen molar-refractivity contribution in [1.29, 1.82) is 0 Å². The molecule has 2 fully saturated rings. The average Bonchev–Trinajstić information content (AvgIpc) is 3.22. The zero-order chi connectivity index (χ0) is 16.0. The van der Waals surface area contributed by atoms with E-state index >= 15 is 0 Å². The van der Waals surface area contributed by atoms with E-state index in [0.29, 0.717) is 17.1 Å². The molecule has 6 heteroatoms. The Morgan fingerprint density at radius 1 is 1.43 bits per heavy atom. The van der Waals surface area contributed by atoms with Crippen molar-refractivity contribution in [2.45, 2.75) is 44.3 Å². The number of amides is 1. The Bertz CT molecular complexity index is 760. The third-order valence-electron chi connectivity index (χ3n) is 4.69. The van der Waals surface area contributed by atoms with Gasteiger partial charge < -0.3 is 10.6 Å². The maximum Gasteiger partial charge on any atom is 0.280 e. The maximum absolute atomic E-state index is 13.4. The first kappa shape index (κ1) is 14.8. The van der Waals surface area contributed by atoms with Crippen LogP contribution >= 0.6 is 11.3 Å². The van der Waals surface area contributed by atoms with Crippen molar-refractivity contribution in [3.8, 4) is 10.4 Å². The fourth-order valence-electron chi connectivity index (χ4n) is 3.60. The Labute approximate surface area is 138 Å². The van der Waals surface area contributed by atoms with Gasteiger partial charge in [-0.25, -0.2) is 9.37 Å². The summed E-state index contributed by atoms with van der Waals surface area (Å²) >= 11 is 1.32. The van der Waals surface area contributed by atoms with Crippen molar-refractivity contribution in [3.63, 3.8) is 0 Å². The molecule has 120 valence electrons. The van der Waals surface area contributed by atoms with Gasteiger partial charge in [-0.2, -0.15) is 0 Å². The minimum atomic E-state index is -0.283. The fraction of sp³-hybridized carbons (Fsp3) is 0.412. The molecule has 3 heterocycles. The number of rotatable bonds is 3. The molecule has 3 atom stereocenters. The lowest BCUT2D eigenvalue weighted by atomic mass is 9.95. The van der Waals surface area contributed by atoms with Crippen LogP contribution in [0.2, 0.25) is 0 Å². The van der Waals surface area contributed by atoms with Crippen molar-refractivity contribution in [1.82, 2.24) is 15.6 Å². The molecule has 2 bridgehead atoms. The molecule has 1 amide bonds. The number of halogens is 1. The fourth-order valence-corrected chi connectivity index (χ4v) is 4.57. The van der Waals surface area contributed by atoms with Crippen molar-refractivity contribution >= 4 is 17.2 Å². The molecule has 2 N–H and O–H groups in total. The molecule has 0 unspecified atom stereocenters. The summed E-state index contributed by atoms with van der Waals surface area (Å²) in [6.45, 7) is 1.85. The molecule has 2 aliphatic rings. The first-order valence-corrected chi connectivity index (χ1v) is 8.72. The molecule has 0 aliphatic carbocycles. The summed E-state index contributed by atoms with van der Waals surface area (Å²) in [6, 6.07) is 7.54. The van der Waals surface area contributed by atoms with Crippen molar-refractivity contribution < 1.29 is 9.18 Å². The van der Waals surface area contributed by atoms with Crippen LogP contribution < -0.4 is 10.6 Å². The number of nitrogens with one attached hydrogen (secondary N) is 2. The number of carbonyl (C=O) groups excluding carboxylic acids is 1. The second kappa shape index (κ2) is 5.69. The summed E-state index contributed by atoms with van der Waals surface area (Å²) in [5.74, 6) is -0.408. The van der Waals surface area contributed by atoms with Gasteiger partial charge in [-0.1, -0.05) is 12.1 Å². The number of aromatic nitrogens is 1. The number of aryl methyl sites for hydroxylation is 1. The molecule has 0 radical (unpaired) electrons. The largest absolute Gasteiger partial charge is 0.346 e. The Morgan fingerprint density at radius 3 is 3.00 bits per heavy atom. The van der Waals surface area contributed by atoms with Gasteiger partial charge in [-0.05, 0) is 43.9 Å². The van der Waals surface area contributed by atoms with Gasteiger partial charge in [-0.15, -0.1) is 11.3 Å². The summed E-state index contributed by atoms with van der Waals surface area (Å²) in [5.41, 5.74) is 1.53. The highest BCUT2D eigenvalue weighted by atomic mass is 32.1. The van der Waals surface area contributed by atoms with Crippen molar-refractivity contribution in [2.24, 2.45) is 0 Å².